The Morgan fingerprint density at radius 2 is 1.74 bits per heavy atom. The third-order valence-corrected chi connectivity index (χ3v) is 6.25. The summed E-state index contributed by atoms with van der Waals surface area (Å²) in [6.45, 7) is 13.4. The van der Waals surface area contributed by atoms with Crippen LogP contribution >= 0.6 is 0 Å². The molecule has 0 saturated carbocycles. The first-order valence-electron chi connectivity index (χ1n) is 13.0. The van der Waals surface area contributed by atoms with Gasteiger partial charge in [0.2, 0.25) is 11.8 Å². The minimum absolute atomic E-state index is 0.0770. The number of nitrogens with one attached hydrogen (secondary N) is 2. The van der Waals surface area contributed by atoms with Crippen LogP contribution in [0.15, 0.2) is 24.3 Å². The Kier molecular flexibility index (Phi) is 10.8. The van der Waals surface area contributed by atoms with E-state index in [1.54, 1.807) is 0 Å². The van der Waals surface area contributed by atoms with Crippen LogP contribution in [-0.2, 0) is 14.3 Å². The molecular weight excluding hydrogens is 442 g/mol. The van der Waals surface area contributed by atoms with E-state index >= 15 is 0 Å². The third kappa shape index (κ3) is 8.47. The number of carbonyl (C=O) groups excluding carboxylic acids is 2. The van der Waals surface area contributed by atoms with Crippen LogP contribution in [0.25, 0.3) is 10.9 Å². The summed E-state index contributed by atoms with van der Waals surface area (Å²) in [6, 6.07) is 7.85. The number of anilines is 2. The van der Waals surface area contributed by atoms with E-state index in [2.05, 4.69) is 47.3 Å². The average Bonchev–Trinajstić information content (AvgIpc) is 2.86. The Bertz CT molecular complexity index is 969. The molecule has 0 bridgehead atoms. The molecule has 2 heterocycles. The van der Waals surface area contributed by atoms with Gasteiger partial charge in [-0.1, -0.05) is 13.8 Å². The molecule has 0 atom stereocenters. The summed E-state index contributed by atoms with van der Waals surface area (Å²) in [5.41, 5.74) is 2.74. The van der Waals surface area contributed by atoms with Crippen molar-refractivity contribution in [2.24, 2.45) is 0 Å². The summed E-state index contributed by atoms with van der Waals surface area (Å²) in [4.78, 5) is 34.1. The quantitative estimate of drug-likeness (QED) is 0.422. The molecule has 192 valence electrons. The maximum absolute atomic E-state index is 12.4. The van der Waals surface area contributed by atoms with Crippen molar-refractivity contribution < 1.29 is 14.3 Å². The van der Waals surface area contributed by atoms with Crippen LogP contribution in [0.3, 0.4) is 0 Å². The first-order chi connectivity index (χ1) is 17.0. The SMILES string of the molecule is CCCN(CCC)CCCNC(=O)CCC(=O)Nc1ccc2nc(N3CCOCC3)cc(C)c2c1. The second-order valence-electron chi connectivity index (χ2n) is 9.22. The van der Waals surface area contributed by atoms with Gasteiger partial charge >= 0.3 is 0 Å². The molecule has 1 aliphatic rings. The third-order valence-electron chi connectivity index (χ3n) is 6.25. The molecule has 0 radical (unpaired) electrons. The van der Waals surface area contributed by atoms with Crippen molar-refractivity contribution in [3.05, 3.63) is 29.8 Å². The normalized spacial score (nSPS) is 13.9. The number of nitrogens with zero attached hydrogens (tertiary/aromatic N) is 3. The zero-order valence-electron chi connectivity index (χ0n) is 21.6. The lowest BCUT2D eigenvalue weighted by atomic mass is 10.1. The van der Waals surface area contributed by atoms with Gasteiger partial charge < -0.3 is 25.2 Å². The molecule has 0 unspecified atom stereocenters. The molecule has 1 aromatic carbocycles. The number of fused-ring (bicyclic) bond motifs is 1. The van der Waals surface area contributed by atoms with E-state index in [0.717, 1.165) is 93.2 Å². The van der Waals surface area contributed by atoms with E-state index in [9.17, 15) is 9.59 Å². The molecule has 3 rings (SSSR count). The average molecular weight is 484 g/mol. The number of ether oxygens (including phenoxy) is 1. The minimum Gasteiger partial charge on any atom is -0.378 e. The van der Waals surface area contributed by atoms with Gasteiger partial charge in [0, 0.05) is 43.5 Å². The Balaban J connectivity index is 1.44. The standard InChI is InChI=1S/C27H41N5O3/c1-4-12-31(13-5-2)14-6-11-28-26(33)9-10-27(34)29-22-7-8-24-23(20-22)21(3)19-25(30-24)32-15-17-35-18-16-32/h7-8,19-20H,4-6,9-18H2,1-3H3,(H,28,33)(H,29,34). The Hall–Kier alpha value is -2.71. The lowest BCUT2D eigenvalue weighted by Gasteiger charge is -2.28. The van der Waals surface area contributed by atoms with Gasteiger partial charge in [0.05, 0.1) is 18.7 Å². The highest BCUT2D eigenvalue weighted by Gasteiger charge is 2.15. The summed E-state index contributed by atoms with van der Waals surface area (Å²) in [6.07, 6.45) is 3.57. The molecule has 8 nitrogen and oxygen atoms in total. The second kappa shape index (κ2) is 14.0. The number of morpholine rings is 1. The molecule has 0 spiro atoms. The number of benzene rings is 1. The highest BCUT2D eigenvalue weighted by Crippen LogP contribution is 2.26. The van der Waals surface area contributed by atoms with Crippen LogP contribution in [0.1, 0.15) is 51.5 Å². The van der Waals surface area contributed by atoms with E-state index < -0.39 is 0 Å². The Morgan fingerprint density at radius 3 is 2.46 bits per heavy atom. The Labute approximate surface area is 209 Å². The van der Waals surface area contributed by atoms with Crippen molar-refractivity contribution in [1.82, 2.24) is 15.2 Å². The summed E-state index contributed by atoms with van der Waals surface area (Å²) < 4.78 is 5.44. The maximum Gasteiger partial charge on any atom is 0.224 e. The van der Waals surface area contributed by atoms with Crippen LogP contribution in [0.2, 0.25) is 0 Å². The predicted molar refractivity (Wildman–Crippen MR) is 142 cm³/mol. The van der Waals surface area contributed by atoms with Gasteiger partial charge in [-0.2, -0.15) is 0 Å². The topological polar surface area (TPSA) is 86.8 Å². The summed E-state index contributed by atoms with van der Waals surface area (Å²) >= 11 is 0. The highest BCUT2D eigenvalue weighted by molar-refractivity contribution is 5.96. The van der Waals surface area contributed by atoms with Gasteiger partial charge in [-0.25, -0.2) is 4.98 Å². The second-order valence-corrected chi connectivity index (χ2v) is 9.22. The van der Waals surface area contributed by atoms with Crippen molar-refractivity contribution in [3.63, 3.8) is 0 Å². The van der Waals surface area contributed by atoms with Gasteiger partial charge in [-0.15, -0.1) is 0 Å². The monoisotopic (exact) mass is 483 g/mol. The molecule has 1 fully saturated rings. The fraction of sp³-hybridized carbons (Fsp3) is 0.593. The van der Waals surface area contributed by atoms with Gasteiger partial charge in [0.25, 0.3) is 0 Å². The van der Waals surface area contributed by atoms with Crippen LogP contribution < -0.4 is 15.5 Å². The van der Waals surface area contributed by atoms with Crippen LogP contribution in [0, 0.1) is 6.92 Å². The first kappa shape index (κ1) is 26.9. The van der Waals surface area contributed by atoms with Crippen molar-refractivity contribution in [2.45, 2.75) is 52.9 Å². The number of amides is 2. The van der Waals surface area contributed by atoms with Crippen LogP contribution in [0.5, 0.6) is 0 Å². The molecule has 1 aliphatic heterocycles. The Morgan fingerprint density at radius 1 is 1.03 bits per heavy atom. The molecule has 2 N–H and O–H groups in total. The van der Waals surface area contributed by atoms with Crippen molar-refractivity contribution in [1.29, 1.82) is 0 Å². The molecular formula is C27H41N5O3. The molecule has 0 aliphatic carbocycles. The van der Waals surface area contributed by atoms with Crippen LogP contribution in [-0.4, -0.2) is 74.2 Å². The zero-order valence-corrected chi connectivity index (χ0v) is 21.6. The highest BCUT2D eigenvalue weighted by atomic mass is 16.5. The molecule has 8 heteroatoms. The number of aryl methyl sites for hydroxylation is 1. The summed E-state index contributed by atoms with van der Waals surface area (Å²) in [5.74, 6) is 0.725. The van der Waals surface area contributed by atoms with Gasteiger partial charge in [0.1, 0.15) is 5.82 Å². The molecule has 35 heavy (non-hydrogen) atoms. The van der Waals surface area contributed by atoms with Gasteiger partial charge in [-0.3, -0.25) is 9.59 Å². The van der Waals surface area contributed by atoms with Gasteiger partial charge in [-0.05, 0) is 75.6 Å². The van der Waals surface area contributed by atoms with E-state index in [1.165, 1.54) is 0 Å². The molecule has 2 amide bonds. The van der Waals surface area contributed by atoms with E-state index in [4.69, 9.17) is 9.72 Å². The predicted octanol–water partition coefficient (Wildman–Crippen LogP) is 3.73. The summed E-state index contributed by atoms with van der Waals surface area (Å²) in [7, 11) is 0. The number of hydrogen-bond donors (Lipinski definition) is 2. The number of hydrogen-bond acceptors (Lipinski definition) is 6. The first-order valence-corrected chi connectivity index (χ1v) is 13.0. The van der Waals surface area contributed by atoms with E-state index in [1.807, 2.05) is 18.2 Å². The lowest BCUT2D eigenvalue weighted by Crippen LogP contribution is -2.36. The van der Waals surface area contributed by atoms with E-state index in [-0.39, 0.29) is 24.7 Å². The van der Waals surface area contributed by atoms with Crippen molar-refractivity contribution in [2.75, 3.05) is 62.7 Å². The van der Waals surface area contributed by atoms with E-state index in [0.29, 0.717) is 6.54 Å². The summed E-state index contributed by atoms with van der Waals surface area (Å²) in [5, 5.41) is 6.88. The number of pyridine rings is 1. The van der Waals surface area contributed by atoms with Crippen molar-refractivity contribution in [3.8, 4) is 0 Å². The maximum atomic E-state index is 12.4. The minimum atomic E-state index is -0.160. The number of rotatable bonds is 13. The smallest absolute Gasteiger partial charge is 0.224 e. The fourth-order valence-electron chi connectivity index (χ4n) is 4.45. The number of carbonyl (C=O) groups is 2. The molecule has 1 saturated heterocycles. The van der Waals surface area contributed by atoms with Crippen LogP contribution in [0.4, 0.5) is 11.5 Å². The number of aromatic nitrogens is 1. The zero-order chi connectivity index (χ0) is 25.0. The lowest BCUT2D eigenvalue weighted by molar-refractivity contribution is -0.124. The van der Waals surface area contributed by atoms with Gasteiger partial charge in [0.15, 0.2) is 0 Å². The largest absolute Gasteiger partial charge is 0.378 e. The van der Waals surface area contributed by atoms with Crippen molar-refractivity contribution >= 4 is 34.2 Å². The fourth-order valence-corrected chi connectivity index (χ4v) is 4.45. The molecule has 2 aromatic rings. The molecule has 1 aromatic heterocycles.